The van der Waals surface area contributed by atoms with E-state index in [0.29, 0.717) is 16.7 Å². The fourth-order valence-corrected chi connectivity index (χ4v) is 2.17. The summed E-state index contributed by atoms with van der Waals surface area (Å²) in [6.07, 6.45) is 3.19. The lowest BCUT2D eigenvalue weighted by Gasteiger charge is -2.06. The average molecular weight is 258 g/mol. The summed E-state index contributed by atoms with van der Waals surface area (Å²) in [4.78, 5) is 15.4. The lowest BCUT2D eigenvalue weighted by Crippen LogP contribution is -2.22. The molecule has 0 amide bonds. The van der Waals surface area contributed by atoms with Crippen LogP contribution in [0.4, 0.5) is 0 Å². The van der Waals surface area contributed by atoms with Crippen LogP contribution in [0.15, 0.2) is 52.1 Å². The summed E-state index contributed by atoms with van der Waals surface area (Å²) in [5, 5.41) is 0.634. The Morgan fingerprint density at radius 2 is 2.11 bits per heavy atom. The lowest BCUT2D eigenvalue weighted by atomic mass is 10.2. The van der Waals surface area contributed by atoms with E-state index in [9.17, 15) is 4.79 Å². The summed E-state index contributed by atoms with van der Waals surface area (Å²) in [5.74, 6) is 0. The van der Waals surface area contributed by atoms with Crippen LogP contribution in [-0.4, -0.2) is 9.55 Å². The van der Waals surface area contributed by atoms with Gasteiger partial charge in [0.25, 0.3) is 5.56 Å². The quantitative estimate of drug-likeness (QED) is 0.719. The molecule has 90 valence electrons. The van der Waals surface area contributed by atoms with Crippen molar-refractivity contribution in [2.24, 2.45) is 0 Å². The summed E-state index contributed by atoms with van der Waals surface area (Å²) in [5.41, 5.74) is 1.58. The van der Waals surface area contributed by atoms with Gasteiger partial charge in [-0.05, 0) is 30.4 Å². The minimum atomic E-state index is -0.0875. The average Bonchev–Trinajstić information content (AvgIpc) is 2.87. The highest BCUT2D eigenvalue weighted by Gasteiger charge is 2.06. The number of para-hydroxylation sites is 1. The molecule has 0 aliphatic carbocycles. The Labute approximate surface area is 107 Å². The van der Waals surface area contributed by atoms with E-state index < -0.39 is 0 Å². The lowest BCUT2D eigenvalue weighted by molar-refractivity contribution is 0.561. The zero-order valence-corrected chi connectivity index (χ0v) is 10.2. The molecule has 1 N–H and O–H groups in total. The number of furan rings is 1. The van der Waals surface area contributed by atoms with Crippen LogP contribution >= 0.6 is 12.2 Å². The van der Waals surface area contributed by atoms with E-state index in [2.05, 4.69) is 4.98 Å². The Kier molecular flexibility index (Phi) is 2.60. The van der Waals surface area contributed by atoms with Gasteiger partial charge in [0.2, 0.25) is 0 Å². The van der Waals surface area contributed by atoms with Crippen molar-refractivity contribution in [3.05, 3.63) is 63.5 Å². The van der Waals surface area contributed by atoms with Gasteiger partial charge >= 0.3 is 0 Å². The molecular formula is C13H10N2O2S. The van der Waals surface area contributed by atoms with Gasteiger partial charge in [0.05, 0.1) is 30.0 Å². The number of aromatic nitrogens is 2. The predicted octanol–water partition coefficient (Wildman–Crippen LogP) is 2.70. The number of hydrogen-bond acceptors (Lipinski definition) is 3. The third-order valence-corrected chi connectivity index (χ3v) is 3.13. The number of nitrogens with zero attached hydrogens (tertiary/aromatic N) is 1. The van der Waals surface area contributed by atoms with E-state index in [1.165, 1.54) is 4.57 Å². The maximum atomic E-state index is 12.3. The molecule has 2 heterocycles. The van der Waals surface area contributed by atoms with Crippen molar-refractivity contribution in [2.45, 2.75) is 6.54 Å². The van der Waals surface area contributed by atoms with Crippen molar-refractivity contribution < 1.29 is 4.42 Å². The number of nitrogens with one attached hydrogen (secondary N) is 1. The van der Waals surface area contributed by atoms with E-state index in [4.69, 9.17) is 16.6 Å². The van der Waals surface area contributed by atoms with Gasteiger partial charge in [-0.2, -0.15) is 0 Å². The van der Waals surface area contributed by atoms with Gasteiger partial charge in [-0.15, -0.1) is 0 Å². The Bertz CT molecular complexity index is 800. The van der Waals surface area contributed by atoms with Crippen LogP contribution in [0.5, 0.6) is 0 Å². The minimum Gasteiger partial charge on any atom is -0.472 e. The first-order valence-corrected chi connectivity index (χ1v) is 5.89. The molecule has 1 aromatic carbocycles. The highest BCUT2D eigenvalue weighted by atomic mass is 32.1. The number of aromatic amines is 1. The fourth-order valence-electron chi connectivity index (χ4n) is 1.91. The van der Waals surface area contributed by atoms with Crippen molar-refractivity contribution in [3.63, 3.8) is 0 Å². The molecule has 2 aromatic heterocycles. The number of rotatable bonds is 2. The van der Waals surface area contributed by atoms with Gasteiger partial charge in [0.1, 0.15) is 0 Å². The third kappa shape index (κ3) is 1.78. The molecule has 0 aliphatic heterocycles. The van der Waals surface area contributed by atoms with Gasteiger partial charge in [-0.25, -0.2) is 0 Å². The topological polar surface area (TPSA) is 50.9 Å². The molecule has 5 heteroatoms. The molecule has 3 rings (SSSR count). The molecule has 18 heavy (non-hydrogen) atoms. The van der Waals surface area contributed by atoms with Crippen LogP contribution in [0.25, 0.3) is 10.9 Å². The Morgan fingerprint density at radius 3 is 2.89 bits per heavy atom. The summed E-state index contributed by atoms with van der Waals surface area (Å²) in [6, 6.07) is 9.15. The fraction of sp³-hybridized carbons (Fsp3) is 0.0769. The highest BCUT2D eigenvalue weighted by molar-refractivity contribution is 7.71. The number of H-pyrrole nitrogens is 1. The first-order valence-electron chi connectivity index (χ1n) is 5.48. The molecule has 0 bridgehead atoms. The summed E-state index contributed by atoms with van der Waals surface area (Å²) in [7, 11) is 0. The van der Waals surface area contributed by atoms with Gasteiger partial charge in [0.15, 0.2) is 4.77 Å². The highest BCUT2D eigenvalue weighted by Crippen LogP contribution is 2.08. The van der Waals surface area contributed by atoms with Crippen molar-refractivity contribution in [1.29, 1.82) is 0 Å². The third-order valence-electron chi connectivity index (χ3n) is 2.81. The predicted molar refractivity (Wildman–Crippen MR) is 71.2 cm³/mol. The molecule has 0 atom stereocenters. The van der Waals surface area contributed by atoms with Crippen LogP contribution in [0.3, 0.4) is 0 Å². The van der Waals surface area contributed by atoms with E-state index >= 15 is 0 Å². The second-order valence-corrected chi connectivity index (χ2v) is 4.39. The van der Waals surface area contributed by atoms with E-state index in [1.807, 2.05) is 24.3 Å². The molecule has 4 nitrogen and oxygen atoms in total. The number of fused-ring (bicyclic) bond motifs is 1. The molecule has 0 radical (unpaired) electrons. The Hall–Kier alpha value is -2.14. The normalized spacial score (nSPS) is 10.9. The van der Waals surface area contributed by atoms with Crippen LogP contribution in [0.1, 0.15) is 5.56 Å². The Morgan fingerprint density at radius 1 is 1.28 bits per heavy atom. The first kappa shape index (κ1) is 11.0. The first-order chi connectivity index (χ1) is 8.75. The largest absolute Gasteiger partial charge is 0.472 e. The molecule has 0 fully saturated rings. The van der Waals surface area contributed by atoms with E-state index in [-0.39, 0.29) is 5.56 Å². The molecule has 3 aromatic rings. The van der Waals surface area contributed by atoms with Crippen molar-refractivity contribution >= 4 is 23.1 Å². The van der Waals surface area contributed by atoms with Crippen molar-refractivity contribution in [3.8, 4) is 0 Å². The van der Waals surface area contributed by atoms with Gasteiger partial charge < -0.3 is 9.40 Å². The second-order valence-electron chi connectivity index (χ2n) is 4.00. The number of hydrogen-bond donors (Lipinski definition) is 1. The molecule has 0 aliphatic rings. The van der Waals surface area contributed by atoms with Crippen molar-refractivity contribution in [1.82, 2.24) is 9.55 Å². The van der Waals surface area contributed by atoms with E-state index in [1.54, 1.807) is 18.6 Å². The summed E-state index contributed by atoms with van der Waals surface area (Å²) in [6.45, 7) is 0.412. The van der Waals surface area contributed by atoms with Crippen LogP contribution in [-0.2, 0) is 6.54 Å². The van der Waals surface area contributed by atoms with E-state index in [0.717, 1.165) is 11.1 Å². The molecule has 0 saturated carbocycles. The maximum Gasteiger partial charge on any atom is 0.262 e. The second kappa shape index (κ2) is 4.27. The minimum absolute atomic E-state index is 0.0875. The number of benzene rings is 1. The SMILES string of the molecule is O=c1c2ccccc2[nH]c(=S)n1Cc1ccoc1. The Balaban J connectivity index is 2.23. The zero-order chi connectivity index (χ0) is 12.5. The summed E-state index contributed by atoms with van der Waals surface area (Å²) < 4.78 is 6.94. The monoisotopic (exact) mass is 258 g/mol. The van der Waals surface area contributed by atoms with Gasteiger partial charge in [0, 0.05) is 5.56 Å². The molecule has 0 unspecified atom stereocenters. The summed E-state index contributed by atoms with van der Waals surface area (Å²) >= 11 is 5.22. The molecule has 0 saturated heterocycles. The van der Waals surface area contributed by atoms with Gasteiger partial charge in [-0.1, -0.05) is 12.1 Å². The molecular weight excluding hydrogens is 248 g/mol. The van der Waals surface area contributed by atoms with Crippen molar-refractivity contribution in [2.75, 3.05) is 0 Å². The smallest absolute Gasteiger partial charge is 0.262 e. The maximum absolute atomic E-state index is 12.3. The standard InChI is InChI=1S/C13H10N2O2S/c16-12-10-3-1-2-4-11(10)14-13(18)15(12)7-9-5-6-17-8-9/h1-6,8H,7H2,(H,14,18). The van der Waals surface area contributed by atoms with Crippen LogP contribution < -0.4 is 5.56 Å². The van der Waals surface area contributed by atoms with Gasteiger partial charge in [-0.3, -0.25) is 9.36 Å². The van der Waals surface area contributed by atoms with Crippen LogP contribution in [0, 0.1) is 4.77 Å². The molecule has 0 spiro atoms. The zero-order valence-electron chi connectivity index (χ0n) is 9.42. The van der Waals surface area contributed by atoms with Crippen LogP contribution in [0.2, 0.25) is 0 Å².